The van der Waals surface area contributed by atoms with Gasteiger partial charge in [-0.2, -0.15) is 13.2 Å². The molecule has 14 heteroatoms. The van der Waals surface area contributed by atoms with Gasteiger partial charge >= 0.3 is 13.7 Å². The summed E-state index contributed by atoms with van der Waals surface area (Å²) in [7, 11) is 0.502. The Morgan fingerprint density at radius 1 is 1.05 bits per heavy atom. The summed E-state index contributed by atoms with van der Waals surface area (Å²) in [4.78, 5) is 40.1. The molecule has 1 aliphatic rings. The average molecular weight is 555 g/mol. The van der Waals surface area contributed by atoms with E-state index in [0.717, 1.165) is 44.2 Å². The molecule has 1 aliphatic carbocycles. The molecular formula is C25H39BF3N6O4. The van der Waals surface area contributed by atoms with Gasteiger partial charge in [0.2, 0.25) is 17.7 Å². The molecule has 2 atom stereocenters. The molecule has 1 radical (unpaired) electrons. The molecule has 217 valence electrons. The first kappa shape index (κ1) is 32.5. The third-order valence-electron chi connectivity index (χ3n) is 6.80. The van der Waals surface area contributed by atoms with Crippen molar-refractivity contribution in [2.45, 2.75) is 69.6 Å². The number of nitrogens with zero attached hydrogens (tertiary/aromatic N) is 1. The smallest absolute Gasteiger partial charge is 0.416 e. The maximum Gasteiger partial charge on any atom is 0.416 e. The van der Waals surface area contributed by atoms with Gasteiger partial charge in [-0.25, -0.2) is 0 Å². The maximum absolute atomic E-state index is 13.3. The van der Waals surface area contributed by atoms with E-state index in [1.54, 1.807) is 0 Å². The fourth-order valence-corrected chi connectivity index (χ4v) is 4.70. The van der Waals surface area contributed by atoms with Crippen LogP contribution in [0.25, 0.3) is 0 Å². The van der Waals surface area contributed by atoms with Gasteiger partial charge in [-0.15, -0.1) is 0 Å². The summed E-state index contributed by atoms with van der Waals surface area (Å²) in [5.41, 5.74) is 15.6. The largest absolute Gasteiger partial charge is 0.450 e. The number of anilines is 1. The monoisotopic (exact) mass is 555 g/mol. The van der Waals surface area contributed by atoms with Crippen LogP contribution in [0.5, 0.6) is 0 Å². The Bertz CT molecular complexity index is 956. The number of carbonyl (C=O) groups is 3. The lowest BCUT2D eigenvalue weighted by Gasteiger charge is -2.26. The van der Waals surface area contributed by atoms with E-state index in [-0.39, 0.29) is 50.2 Å². The predicted molar refractivity (Wildman–Crippen MR) is 143 cm³/mol. The molecule has 0 unspecified atom stereocenters. The van der Waals surface area contributed by atoms with Crippen molar-refractivity contribution in [3.05, 3.63) is 23.8 Å². The van der Waals surface area contributed by atoms with E-state index in [2.05, 4.69) is 10.6 Å². The van der Waals surface area contributed by atoms with Crippen LogP contribution in [-0.2, 0) is 20.6 Å². The molecule has 1 saturated carbocycles. The summed E-state index contributed by atoms with van der Waals surface area (Å²) in [6.07, 6.45) is 1.14. The highest BCUT2D eigenvalue weighted by Gasteiger charge is 2.32. The standard InChI is InChI=1S/C25H39BF3N6O4/c27-25(28,29)17-12-18(26-39)14-19(13-17)33-24(38)21(7-6-16-4-2-1-3-5-16)34-23(37)20(32)15-22(36)35(10-8-30)11-9-31/h12-14,16,20-21,39H,1-11,15,30-32H2,(H,33,38)(H,34,37)/t20-,21+/m0/s1. The Balaban J connectivity index is 2.16. The van der Waals surface area contributed by atoms with Gasteiger partial charge in [0.25, 0.3) is 0 Å². The number of nitrogens with one attached hydrogen (secondary N) is 2. The van der Waals surface area contributed by atoms with Gasteiger partial charge in [-0.1, -0.05) is 43.6 Å². The first-order valence-corrected chi connectivity index (χ1v) is 13.2. The summed E-state index contributed by atoms with van der Waals surface area (Å²) in [6, 6.07) is 0.317. The SMILES string of the molecule is NCCN(CCN)C(=O)C[C@H](N)C(=O)N[C@H](CCC1CCCCC1)C(=O)Nc1cc([B]O)cc(C(F)(F)F)c1. The van der Waals surface area contributed by atoms with Crippen LogP contribution >= 0.6 is 0 Å². The minimum absolute atomic E-state index is 0.150. The molecule has 9 N–H and O–H groups in total. The van der Waals surface area contributed by atoms with Gasteiger partial charge in [-0.05, 0) is 30.9 Å². The van der Waals surface area contributed by atoms with Crippen LogP contribution in [0, 0.1) is 5.92 Å². The van der Waals surface area contributed by atoms with E-state index in [9.17, 15) is 32.6 Å². The highest BCUT2D eigenvalue weighted by molar-refractivity contribution is 6.45. The molecule has 1 aromatic carbocycles. The Hall–Kier alpha value is -2.68. The van der Waals surface area contributed by atoms with Crippen molar-refractivity contribution in [2.75, 3.05) is 31.5 Å². The Labute approximate surface area is 227 Å². The Kier molecular flexibility index (Phi) is 13.2. The summed E-state index contributed by atoms with van der Waals surface area (Å²) in [5, 5.41) is 14.3. The number of carbonyl (C=O) groups excluding carboxylic acids is 3. The number of hydrogen-bond acceptors (Lipinski definition) is 7. The van der Waals surface area contributed by atoms with Crippen LogP contribution < -0.4 is 33.3 Å². The average Bonchev–Trinajstić information content (AvgIpc) is 2.90. The molecular weight excluding hydrogens is 516 g/mol. The lowest BCUT2D eigenvalue weighted by molar-refractivity contribution is -0.137. The molecule has 39 heavy (non-hydrogen) atoms. The predicted octanol–water partition coefficient (Wildman–Crippen LogP) is 0.189. The third-order valence-corrected chi connectivity index (χ3v) is 6.80. The first-order chi connectivity index (χ1) is 18.5. The topological polar surface area (TPSA) is 177 Å². The normalized spacial score (nSPS) is 15.8. The molecule has 0 aliphatic heterocycles. The van der Waals surface area contributed by atoms with E-state index in [1.165, 1.54) is 11.0 Å². The number of rotatable bonds is 14. The fraction of sp³-hybridized carbons (Fsp3) is 0.640. The number of nitrogens with two attached hydrogens (primary N) is 3. The van der Waals surface area contributed by atoms with Crippen LogP contribution in [-0.4, -0.2) is 73.4 Å². The van der Waals surface area contributed by atoms with Gasteiger partial charge in [0.05, 0.1) is 18.0 Å². The van der Waals surface area contributed by atoms with Crippen LogP contribution in [0.15, 0.2) is 18.2 Å². The fourth-order valence-electron chi connectivity index (χ4n) is 4.70. The minimum atomic E-state index is -4.70. The summed E-state index contributed by atoms with van der Waals surface area (Å²) in [6.45, 7) is 0.922. The van der Waals surface area contributed by atoms with Crippen LogP contribution in [0.3, 0.4) is 0 Å². The number of alkyl halides is 3. The van der Waals surface area contributed by atoms with Crippen LogP contribution in [0.4, 0.5) is 18.9 Å². The summed E-state index contributed by atoms with van der Waals surface area (Å²) >= 11 is 0. The van der Waals surface area contributed by atoms with Crippen LogP contribution in [0.1, 0.15) is 56.9 Å². The second-order valence-corrected chi connectivity index (χ2v) is 9.87. The second kappa shape index (κ2) is 15.8. The van der Waals surface area contributed by atoms with Crippen molar-refractivity contribution >= 4 is 36.4 Å². The maximum atomic E-state index is 13.3. The quantitative estimate of drug-likeness (QED) is 0.178. The molecule has 2 rings (SSSR count). The van der Waals surface area contributed by atoms with E-state index >= 15 is 0 Å². The molecule has 0 aromatic heterocycles. The highest BCUT2D eigenvalue weighted by atomic mass is 19.4. The van der Waals surface area contributed by atoms with E-state index in [1.807, 2.05) is 0 Å². The van der Waals surface area contributed by atoms with Crippen LogP contribution in [0.2, 0.25) is 0 Å². The molecule has 10 nitrogen and oxygen atoms in total. The number of halogens is 3. The van der Waals surface area contributed by atoms with Gasteiger partial charge in [-0.3, -0.25) is 14.4 Å². The zero-order valence-electron chi connectivity index (χ0n) is 22.0. The molecule has 0 bridgehead atoms. The van der Waals surface area contributed by atoms with Crippen molar-refractivity contribution in [3.8, 4) is 0 Å². The Morgan fingerprint density at radius 3 is 2.26 bits per heavy atom. The molecule has 1 fully saturated rings. The Morgan fingerprint density at radius 2 is 1.69 bits per heavy atom. The summed E-state index contributed by atoms with van der Waals surface area (Å²) in [5.74, 6) is -1.50. The van der Waals surface area contributed by atoms with E-state index < -0.39 is 41.5 Å². The van der Waals surface area contributed by atoms with E-state index in [4.69, 9.17) is 17.2 Å². The van der Waals surface area contributed by atoms with Crippen molar-refractivity contribution in [1.29, 1.82) is 0 Å². The minimum Gasteiger partial charge on any atom is -0.450 e. The molecule has 0 heterocycles. The third kappa shape index (κ3) is 10.8. The van der Waals surface area contributed by atoms with Gasteiger partial charge in [0.1, 0.15) is 6.04 Å². The number of amides is 3. The van der Waals surface area contributed by atoms with Gasteiger partial charge in [0.15, 0.2) is 0 Å². The zero-order valence-corrected chi connectivity index (χ0v) is 22.0. The van der Waals surface area contributed by atoms with Crippen molar-refractivity contribution in [2.24, 2.45) is 23.1 Å². The first-order valence-electron chi connectivity index (χ1n) is 13.2. The molecule has 3 amide bonds. The lowest BCUT2D eigenvalue weighted by Crippen LogP contribution is -2.52. The highest BCUT2D eigenvalue weighted by Crippen LogP contribution is 2.31. The van der Waals surface area contributed by atoms with Crippen molar-refractivity contribution < 1.29 is 32.6 Å². The zero-order chi connectivity index (χ0) is 29.0. The molecule has 0 saturated heterocycles. The van der Waals surface area contributed by atoms with Crippen molar-refractivity contribution in [3.63, 3.8) is 0 Å². The second-order valence-electron chi connectivity index (χ2n) is 9.87. The van der Waals surface area contributed by atoms with Crippen molar-refractivity contribution in [1.82, 2.24) is 10.2 Å². The van der Waals surface area contributed by atoms with Gasteiger partial charge < -0.3 is 37.8 Å². The lowest BCUT2D eigenvalue weighted by atomic mass is 9.85. The molecule has 0 spiro atoms. The number of benzene rings is 1. The molecule has 1 aromatic rings. The number of hydrogen-bond donors (Lipinski definition) is 6. The summed E-state index contributed by atoms with van der Waals surface area (Å²) < 4.78 is 39.9. The van der Waals surface area contributed by atoms with Gasteiger partial charge in [0, 0.05) is 31.9 Å². The van der Waals surface area contributed by atoms with E-state index in [0.29, 0.717) is 19.8 Å².